The molecule has 18 heavy (non-hydrogen) atoms. The van der Waals surface area contributed by atoms with Crippen molar-refractivity contribution in [2.75, 3.05) is 33.4 Å². The van der Waals surface area contributed by atoms with Crippen LogP contribution in [0.4, 0.5) is 0 Å². The van der Waals surface area contributed by atoms with Gasteiger partial charge in [0.05, 0.1) is 18.8 Å². The molecule has 2 rings (SSSR count). The molecule has 1 saturated carbocycles. The predicted molar refractivity (Wildman–Crippen MR) is 73.8 cm³/mol. The molecule has 2 aliphatic rings. The highest BCUT2D eigenvalue weighted by molar-refractivity contribution is 4.96. The molecule has 1 aliphatic heterocycles. The normalized spacial score (nSPS) is 39.2. The van der Waals surface area contributed by atoms with E-state index in [0.29, 0.717) is 12.0 Å². The molecule has 0 aromatic heterocycles. The predicted octanol–water partition coefficient (Wildman–Crippen LogP) is 2.55. The van der Waals surface area contributed by atoms with Gasteiger partial charge in [-0.1, -0.05) is 20.8 Å². The van der Waals surface area contributed by atoms with Crippen LogP contribution in [0.25, 0.3) is 0 Å². The SMILES string of the molecule is CO[C@@]1(C(C)C)CC[C@@H](C)C(N2CCOCC2)C1. The van der Waals surface area contributed by atoms with Crippen LogP contribution in [0.1, 0.15) is 40.0 Å². The summed E-state index contributed by atoms with van der Waals surface area (Å²) in [5.41, 5.74) is 0.0927. The van der Waals surface area contributed by atoms with Gasteiger partial charge in [0.2, 0.25) is 0 Å². The lowest BCUT2D eigenvalue weighted by Gasteiger charge is -2.49. The first-order valence-electron chi connectivity index (χ1n) is 7.46. The van der Waals surface area contributed by atoms with Gasteiger partial charge in [-0.05, 0) is 31.1 Å². The summed E-state index contributed by atoms with van der Waals surface area (Å²) in [5.74, 6) is 1.38. The minimum Gasteiger partial charge on any atom is -0.379 e. The van der Waals surface area contributed by atoms with E-state index in [1.807, 2.05) is 7.11 Å². The lowest BCUT2D eigenvalue weighted by atomic mass is 9.70. The van der Waals surface area contributed by atoms with Gasteiger partial charge in [0, 0.05) is 26.2 Å². The summed E-state index contributed by atoms with van der Waals surface area (Å²) in [4.78, 5) is 2.63. The molecule has 1 heterocycles. The fourth-order valence-electron chi connectivity index (χ4n) is 3.67. The highest BCUT2D eigenvalue weighted by Crippen LogP contribution is 2.41. The topological polar surface area (TPSA) is 21.7 Å². The van der Waals surface area contributed by atoms with E-state index < -0.39 is 0 Å². The third-order valence-corrected chi connectivity index (χ3v) is 5.21. The van der Waals surface area contributed by atoms with E-state index in [4.69, 9.17) is 9.47 Å². The van der Waals surface area contributed by atoms with Crippen LogP contribution in [0.15, 0.2) is 0 Å². The second kappa shape index (κ2) is 5.89. The van der Waals surface area contributed by atoms with Gasteiger partial charge in [-0.2, -0.15) is 0 Å². The van der Waals surface area contributed by atoms with Crippen LogP contribution < -0.4 is 0 Å². The Bertz CT molecular complexity index is 263. The van der Waals surface area contributed by atoms with Crippen LogP contribution in [0.2, 0.25) is 0 Å². The van der Waals surface area contributed by atoms with Crippen LogP contribution in [0.3, 0.4) is 0 Å². The largest absolute Gasteiger partial charge is 0.379 e. The fourth-order valence-corrected chi connectivity index (χ4v) is 3.67. The molecule has 3 atom stereocenters. The van der Waals surface area contributed by atoms with E-state index in [9.17, 15) is 0 Å². The molecule has 1 unspecified atom stereocenters. The van der Waals surface area contributed by atoms with Crippen LogP contribution in [-0.2, 0) is 9.47 Å². The molecular weight excluding hydrogens is 226 g/mol. The Hall–Kier alpha value is -0.120. The van der Waals surface area contributed by atoms with E-state index in [0.717, 1.165) is 32.2 Å². The van der Waals surface area contributed by atoms with Crippen molar-refractivity contribution in [3.05, 3.63) is 0 Å². The van der Waals surface area contributed by atoms with Crippen molar-refractivity contribution in [2.24, 2.45) is 11.8 Å². The molecule has 0 radical (unpaired) electrons. The Morgan fingerprint density at radius 1 is 1.28 bits per heavy atom. The molecular formula is C15H29NO2. The average molecular weight is 255 g/mol. The summed E-state index contributed by atoms with van der Waals surface area (Å²) < 4.78 is 11.4. The molecule has 3 heteroatoms. The van der Waals surface area contributed by atoms with Gasteiger partial charge in [-0.25, -0.2) is 0 Å². The molecule has 1 aliphatic carbocycles. The summed E-state index contributed by atoms with van der Waals surface area (Å²) in [6.45, 7) is 11.0. The Labute approximate surface area is 112 Å². The first kappa shape index (κ1) is 14.3. The van der Waals surface area contributed by atoms with Gasteiger partial charge in [0.25, 0.3) is 0 Å². The summed E-state index contributed by atoms with van der Waals surface area (Å²) in [5, 5.41) is 0. The van der Waals surface area contributed by atoms with Crippen LogP contribution in [-0.4, -0.2) is 50.0 Å². The lowest BCUT2D eigenvalue weighted by molar-refractivity contribution is -0.115. The van der Waals surface area contributed by atoms with E-state index in [1.165, 1.54) is 19.3 Å². The van der Waals surface area contributed by atoms with E-state index in [1.54, 1.807) is 0 Å². The second-order valence-electron chi connectivity index (χ2n) is 6.36. The Morgan fingerprint density at radius 2 is 1.94 bits per heavy atom. The third-order valence-electron chi connectivity index (χ3n) is 5.21. The number of ether oxygens (including phenoxy) is 2. The highest BCUT2D eigenvalue weighted by atomic mass is 16.5. The van der Waals surface area contributed by atoms with Gasteiger partial charge in [-0.3, -0.25) is 4.90 Å². The Balaban J connectivity index is 2.08. The number of methoxy groups -OCH3 is 1. The minimum absolute atomic E-state index is 0.0927. The van der Waals surface area contributed by atoms with Gasteiger partial charge >= 0.3 is 0 Å². The van der Waals surface area contributed by atoms with Crippen LogP contribution >= 0.6 is 0 Å². The molecule has 0 amide bonds. The van der Waals surface area contributed by atoms with Gasteiger partial charge < -0.3 is 9.47 Å². The summed E-state index contributed by atoms with van der Waals surface area (Å²) >= 11 is 0. The highest BCUT2D eigenvalue weighted by Gasteiger charge is 2.43. The second-order valence-corrected chi connectivity index (χ2v) is 6.36. The molecule has 0 spiro atoms. The fraction of sp³-hybridized carbons (Fsp3) is 1.00. The molecule has 3 nitrogen and oxygen atoms in total. The van der Waals surface area contributed by atoms with Crippen molar-refractivity contribution in [3.8, 4) is 0 Å². The monoisotopic (exact) mass is 255 g/mol. The molecule has 2 fully saturated rings. The third kappa shape index (κ3) is 2.73. The summed E-state index contributed by atoms with van der Waals surface area (Å²) in [6.07, 6.45) is 3.68. The molecule has 106 valence electrons. The van der Waals surface area contributed by atoms with Crippen molar-refractivity contribution >= 4 is 0 Å². The van der Waals surface area contributed by atoms with E-state index in [-0.39, 0.29) is 5.60 Å². The number of hydrogen-bond donors (Lipinski definition) is 0. The number of rotatable bonds is 3. The van der Waals surface area contributed by atoms with Crippen LogP contribution in [0, 0.1) is 11.8 Å². The molecule has 1 saturated heterocycles. The standard InChI is InChI=1S/C15H29NO2/c1-12(2)15(17-4)6-5-13(3)14(11-15)16-7-9-18-10-8-16/h12-14H,5-11H2,1-4H3/t13-,14?,15+/m1/s1. The number of hydrogen-bond acceptors (Lipinski definition) is 3. The van der Waals surface area contributed by atoms with Crippen molar-refractivity contribution in [1.82, 2.24) is 4.90 Å². The first-order chi connectivity index (χ1) is 8.59. The maximum absolute atomic E-state index is 5.95. The van der Waals surface area contributed by atoms with Crippen molar-refractivity contribution in [2.45, 2.75) is 51.7 Å². The van der Waals surface area contributed by atoms with Gasteiger partial charge in [0.1, 0.15) is 0 Å². The molecule has 0 aromatic carbocycles. The first-order valence-corrected chi connectivity index (χ1v) is 7.46. The molecule has 0 aromatic rings. The Morgan fingerprint density at radius 3 is 2.50 bits per heavy atom. The quantitative estimate of drug-likeness (QED) is 0.773. The molecule has 0 N–H and O–H groups in total. The summed E-state index contributed by atoms with van der Waals surface area (Å²) in [7, 11) is 1.90. The van der Waals surface area contributed by atoms with E-state index >= 15 is 0 Å². The van der Waals surface area contributed by atoms with Gasteiger partial charge in [0.15, 0.2) is 0 Å². The minimum atomic E-state index is 0.0927. The van der Waals surface area contributed by atoms with E-state index in [2.05, 4.69) is 25.7 Å². The average Bonchev–Trinajstić information content (AvgIpc) is 2.40. The van der Waals surface area contributed by atoms with Crippen molar-refractivity contribution in [1.29, 1.82) is 0 Å². The van der Waals surface area contributed by atoms with Crippen LogP contribution in [0.5, 0.6) is 0 Å². The zero-order valence-corrected chi connectivity index (χ0v) is 12.4. The smallest absolute Gasteiger partial charge is 0.0716 e. The maximum Gasteiger partial charge on any atom is 0.0716 e. The Kier molecular flexibility index (Phi) is 4.68. The number of morpholine rings is 1. The number of nitrogens with zero attached hydrogens (tertiary/aromatic N) is 1. The lowest BCUT2D eigenvalue weighted by Crippen LogP contribution is -2.55. The zero-order chi connectivity index (χ0) is 13.2. The summed E-state index contributed by atoms with van der Waals surface area (Å²) in [6, 6.07) is 0.671. The van der Waals surface area contributed by atoms with Crippen molar-refractivity contribution in [3.63, 3.8) is 0 Å². The van der Waals surface area contributed by atoms with Gasteiger partial charge in [-0.15, -0.1) is 0 Å². The maximum atomic E-state index is 5.95. The zero-order valence-electron chi connectivity index (χ0n) is 12.4. The van der Waals surface area contributed by atoms with Crippen molar-refractivity contribution < 1.29 is 9.47 Å². The molecule has 0 bridgehead atoms.